The molecule has 0 fully saturated rings. The topological polar surface area (TPSA) is 108 Å². The summed E-state index contributed by atoms with van der Waals surface area (Å²) < 4.78 is 23.1. The van der Waals surface area contributed by atoms with Crippen LogP contribution in [0.3, 0.4) is 0 Å². The van der Waals surface area contributed by atoms with Crippen LogP contribution >= 0.6 is 0 Å². The zero-order chi connectivity index (χ0) is 76.0. The Morgan fingerprint density at radius 2 is 0.514 bits per heavy atom. The van der Waals surface area contributed by atoms with Gasteiger partial charge in [-0.25, -0.2) is 4.79 Å². The van der Waals surface area contributed by atoms with E-state index in [9.17, 15) is 19.5 Å². The highest BCUT2D eigenvalue weighted by atomic mass is 16.7. The average molecular weight is 1480 g/mol. The molecule has 0 saturated carbocycles. The second-order valence-corrected chi connectivity index (χ2v) is 33.7. The van der Waals surface area contributed by atoms with Crippen molar-refractivity contribution in [3.05, 3.63) is 36.5 Å². The number of hydrogen-bond donors (Lipinski definition) is 1. The maximum atomic E-state index is 13.0. The van der Waals surface area contributed by atoms with Crippen molar-refractivity contribution in [2.75, 3.05) is 47.5 Å². The molecule has 0 aliphatic heterocycles. The number of quaternary nitrogens is 1. The van der Waals surface area contributed by atoms with Gasteiger partial charge in [0.05, 0.1) is 34.4 Å². The standard InChI is InChI=1S/C96H183NO8/c1-6-8-10-12-14-16-18-20-22-24-26-28-30-32-34-36-38-40-42-44-46-47-49-51-53-55-57-59-61-63-65-67-69-71-73-75-77-79-81-83-85-87-94(99)105-92(91-104-96(95(100)101)102-89-88-97(3,4)5)90-103-93(98)86-84-82-80-78-76-74-72-70-68-66-64-62-60-58-56-54-52-50-48-45-43-41-39-37-35-33-31-29-27-25-23-21-19-17-15-13-11-9-7-2/h18,20,24-27,92,96H,6-17,19,21-23,28-91H2,1-5H3/p+1/b20-18-,26-24-,27-25-. The van der Waals surface area contributed by atoms with E-state index in [1.165, 1.54) is 430 Å². The summed E-state index contributed by atoms with van der Waals surface area (Å²) in [5.41, 5.74) is 0. The van der Waals surface area contributed by atoms with Gasteiger partial charge >= 0.3 is 17.9 Å². The molecule has 2 atom stereocenters. The molecule has 0 radical (unpaired) electrons. The van der Waals surface area contributed by atoms with Crippen molar-refractivity contribution in [3.8, 4) is 0 Å². The molecule has 0 aliphatic carbocycles. The lowest BCUT2D eigenvalue weighted by molar-refractivity contribution is -0.870. The number of carbonyl (C=O) groups is 3. The Labute approximate surface area is 655 Å². The van der Waals surface area contributed by atoms with E-state index < -0.39 is 18.4 Å². The molecule has 2 unspecified atom stereocenters. The molecule has 0 aromatic carbocycles. The third-order valence-corrected chi connectivity index (χ3v) is 21.9. The van der Waals surface area contributed by atoms with Crippen molar-refractivity contribution < 1.29 is 42.9 Å². The smallest absolute Gasteiger partial charge is 0.361 e. The summed E-state index contributed by atoms with van der Waals surface area (Å²) in [4.78, 5) is 37.9. The molecule has 0 saturated heterocycles. The lowest BCUT2D eigenvalue weighted by Gasteiger charge is -2.25. The number of unbranched alkanes of at least 4 members (excludes halogenated alkanes) is 69. The first-order chi connectivity index (χ1) is 51.6. The van der Waals surface area contributed by atoms with Gasteiger partial charge in [0.15, 0.2) is 6.10 Å². The molecule has 0 bridgehead atoms. The lowest BCUT2D eigenvalue weighted by atomic mass is 10.0. The molecule has 0 aromatic heterocycles. The molecule has 9 heteroatoms. The number of nitrogens with zero attached hydrogens (tertiary/aromatic N) is 1. The van der Waals surface area contributed by atoms with Gasteiger partial charge in [-0.2, -0.15) is 0 Å². The second kappa shape index (κ2) is 87.1. The van der Waals surface area contributed by atoms with Gasteiger partial charge in [-0.3, -0.25) is 9.59 Å². The molecule has 0 heterocycles. The summed E-state index contributed by atoms with van der Waals surface area (Å²) in [5.74, 6) is -1.96. The quantitative estimate of drug-likeness (QED) is 0.0211. The number of likely N-dealkylation sites (N-methyl/N-ethyl adjacent to an activating group) is 1. The zero-order valence-corrected chi connectivity index (χ0v) is 71.4. The van der Waals surface area contributed by atoms with Gasteiger partial charge in [-0.05, 0) is 70.6 Å². The summed E-state index contributed by atoms with van der Waals surface area (Å²) in [6, 6.07) is 0. The van der Waals surface area contributed by atoms with Crippen molar-refractivity contribution in [1.29, 1.82) is 0 Å². The van der Waals surface area contributed by atoms with Crippen LogP contribution < -0.4 is 0 Å². The van der Waals surface area contributed by atoms with Crippen molar-refractivity contribution in [1.82, 2.24) is 0 Å². The summed E-state index contributed by atoms with van der Waals surface area (Å²) in [7, 11) is 6.01. The normalized spacial score (nSPS) is 12.7. The van der Waals surface area contributed by atoms with E-state index in [0.717, 1.165) is 44.9 Å². The Bertz CT molecular complexity index is 1820. The maximum absolute atomic E-state index is 13.0. The SMILES string of the molecule is CCCCCCC/C=C\C/C=C\CCCCCCCCCCCCCCCCCCCCCCCCCCCCCCCC(=O)OC(COC(=O)CCCCCCCCCCCCCCCCCCCCCCCCCCCCC/C=C\CCCCCCCCCC)COC(OCC[N+](C)(C)C)C(=O)O. The van der Waals surface area contributed by atoms with E-state index in [0.29, 0.717) is 17.4 Å². The third kappa shape index (κ3) is 88.6. The van der Waals surface area contributed by atoms with Crippen LogP contribution in [-0.2, 0) is 33.3 Å². The van der Waals surface area contributed by atoms with Gasteiger partial charge in [0, 0.05) is 12.8 Å². The molecular weight excluding hydrogens is 1300 g/mol. The number of allylic oxidation sites excluding steroid dienone is 6. The Morgan fingerprint density at radius 3 is 0.762 bits per heavy atom. The van der Waals surface area contributed by atoms with Gasteiger partial charge in [0.2, 0.25) is 0 Å². The van der Waals surface area contributed by atoms with Crippen molar-refractivity contribution in [2.45, 2.75) is 514 Å². The average Bonchev–Trinajstić information content (AvgIpc) is 1.18. The number of esters is 2. The predicted molar refractivity (Wildman–Crippen MR) is 457 cm³/mol. The Morgan fingerprint density at radius 1 is 0.286 bits per heavy atom. The van der Waals surface area contributed by atoms with Crippen LogP contribution in [-0.4, -0.2) is 87.4 Å². The molecule has 620 valence electrons. The van der Waals surface area contributed by atoms with Gasteiger partial charge in [-0.15, -0.1) is 0 Å². The minimum absolute atomic E-state index is 0.174. The molecule has 0 aliphatic rings. The fourth-order valence-electron chi connectivity index (χ4n) is 14.7. The minimum Gasteiger partial charge on any atom is -0.477 e. The van der Waals surface area contributed by atoms with Crippen LogP contribution in [0.2, 0.25) is 0 Å². The molecule has 0 rings (SSSR count). The first-order valence-corrected chi connectivity index (χ1v) is 47.2. The molecule has 0 aromatic rings. The lowest BCUT2D eigenvalue weighted by Crippen LogP contribution is -2.40. The van der Waals surface area contributed by atoms with Gasteiger partial charge in [0.25, 0.3) is 6.29 Å². The first kappa shape index (κ1) is 103. The second-order valence-electron chi connectivity index (χ2n) is 33.7. The number of ether oxygens (including phenoxy) is 4. The van der Waals surface area contributed by atoms with Crippen LogP contribution in [0, 0.1) is 0 Å². The Hall–Kier alpha value is -2.49. The van der Waals surface area contributed by atoms with Crippen LogP contribution in [0.1, 0.15) is 502 Å². The molecular formula is C96H184NO8+. The fraction of sp³-hybridized carbons (Fsp3) is 0.906. The largest absolute Gasteiger partial charge is 0.477 e. The molecule has 105 heavy (non-hydrogen) atoms. The van der Waals surface area contributed by atoms with Crippen LogP contribution in [0.25, 0.3) is 0 Å². The van der Waals surface area contributed by atoms with E-state index in [4.69, 9.17) is 18.9 Å². The highest BCUT2D eigenvalue weighted by Crippen LogP contribution is 2.22. The third-order valence-electron chi connectivity index (χ3n) is 21.9. The number of carboxylic acids is 1. The van der Waals surface area contributed by atoms with Crippen LogP contribution in [0.15, 0.2) is 36.5 Å². The number of carbonyl (C=O) groups excluding carboxylic acids is 2. The van der Waals surface area contributed by atoms with Gasteiger partial charge < -0.3 is 28.5 Å². The van der Waals surface area contributed by atoms with Crippen molar-refractivity contribution in [3.63, 3.8) is 0 Å². The monoisotopic (exact) mass is 1480 g/mol. The van der Waals surface area contributed by atoms with Crippen molar-refractivity contribution >= 4 is 17.9 Å². The fourth-order valence-corrected chi connectivity index (χ4v) is 14.7. The van der Waals surface area contributed by atoms with E-state index in [1.54, 1.807) is 0 Å². The Balaban J connectivity index is 3.86. The van der Waals surface area contributed by atoms with E-state index >= 15 is 0 Å². The van der Waals surface area contributed by atoms with E-state index in [1.807, 2.05) is 21.1 Å². The number of aliphatic carboxylic acids is 1. The zero-order valence-electron chi connectivity index (χ0n) is 71.4. The molecule has 1 N–H and O–H groups in total. The van der Waals surface area contributed by atoms with Gasteiger partial charge in [-0.1, -0.05) is 455 Å². The highest BCUT2D eigenvalue weighted by Gasteiger charge is 2.25. The van der Waals surface area contributed by atoms with E-state index in [2.05, 4.69) is 50.3 Å². The van der Waals surface area contributed by atoms with E-state index in [-0.39, 0.29) is 38.2 Å². The Kier molecular flexibility index (Phi) is 85.0. The highest BCUT2D eigenvalue weighted by molar-refractivity contribution is 5.71. The predicted octanol–water partition coefficient (Wildman–Crippen LogP) is 30.9. The molecule has 0 spiro atoms. The minimum atomic E-state index is -1.51. The summed E-state index contributed by atoms with van der Waals surface area (Å²) in [6.45, 7) is 4.96. The van der Waals surface area contributed by atoms with Gasteiger partial charge in [0.1, 0.15) is 13.2 Å². The van der Waals surface area contributed by atoms with Crippen LogP contribution in [0.5, 0.6) is 0 Å². The molecule has 0 amide bonds. The van der Waals surface area contributed by atoms with Crippen molar-refractivity contribution in [2.24, 2.45) is 0 Å². The molecule has 9 nitrogen and oxygen atoms in total. The number of hydrogen-bond acceptors (Lipinski definition) is 7. The summed E-state index contributed by atoms with van der Waals surface area (Å²) in [6.07, 6.45) is 112. The first-order valence-electron chi connectivity index (χ1n) is 47.2. The summed E-state index contributed by atoms with van der Waals surface area (Å²) >= 11 is 0. The summed E-state index contributed by atoms with van der Waals surface area (Å²) in [5, 5.41) is 9.80. The maximum Gasteiger partial charge on any atom is 0.361 e. The number of rotatable bonds is 90. The number of carboxylic acid groups (broad SMARTS) is 1. The van der Waals surface area contributed by atoms with Crippen LogP contribution in [0.4, 0.5) is 0 Å².